The number of carboxylic acid groups (broad SMARTS) is 1. The van der Waals surface area contributed by atoms with E-state index in [1.807, 2.05) is 0 Å². The van der Waals surface area contributed by atoms with Gasteiger partial charge in [-0.25, -0.2) is 13.2 Å². The molecule has 0 aliphatic carbocycles. The number of carboxylic acids is 1. The predicted molar refractivity (Wildman–Crippen MR) is 64.3 cm³/mol. The quantitative estimate of drug-likeness (QED) is 0.804. The Morgan fingerprint density at radius 3 is 2.84 bits per heavy atom. The van der Waals surface area contributed by atoms with Crippen molar-refractivity contribution in [3.63, 3.8) is 0 Å². The minimum absolute atomic E-state index is 0.174. The Hall–Kier alpha value is -1.45. The van der Waals surface area contributed by atoms with Gasteiger partial charge in [-0.1, -0.05) is 0 Å². The Kier molecular flexibility index (Phi) is 3.37. The van der Waals surface area contributed by atoms with Crippen molar-refractivity contribution < 1.29 is 23.1 Å². The van der Waals surface area contributed by atoms with E-state index in [1.54, 1.807) is 13.8 Å². The van der Waals surface area contributed by atoms with Crippen molar-refractivity contribution in [2.24, 2.45) is 0 Å². The number of H-pyrrole nitrogens is 1. The Balaban J connectivity index is 2.47. The lowest BCUT2D eigenvalue weighted by Crippen LogP contribution is -2.55. The van der Waals surface area contributed by atoms with Crippen LogP contribution in [0.15, 0.2) is 11.2 Å². The minimum Gasteiger partial charge on any atom is -0.478 e. The van der Waals surface area contributed by atoms with Crippen LogP contribution >= 0.6 is 0 Å². The summed E-state index contributed by atoms with van der Waals surface area (Å²) in [6.07, 6.45) is 0.989. The van der Waals surface area contributed by atoms with Crippen molar-refractivity contribution in [3.05, 3.63) is 11.8 Å². The molecule has 0 amide bonds. The first-order valence-electron chi connectivity index (χ1n) is 5.64. The molecule has 0 spiro atoms. The first kappa shape index (κ1) is 14.0. The largest absolute Gasteiger partial charge is 0.478 e. The average Bonchev–Trinajstić information content (AvgIpc) is 2.77. The molecule has 2 heterocycles. The highest BCUT2D eigenvalue weighted by atomic mass is 32.2. The highest BCUT2D eigenvalue weighted by Crippen LogP contribution is 2.27. The maximum absolute atomic E-state index is 12.5. The smallest absolute Gasteiger partial charge is 0.340 e. The van der Waals surface area contributed by atoms with Gasteiger partial charge in [0.1, 0.15) is 5.56 Å². The zero-order chi connectivity index (χ0) is 14.3. The Bertz CT molecular complexity index is 592. The number of nitrogens with one attached hydrogen (secondary N) is 1. The van der Waals surface area contributed by atoms with Gasteiger partial charge in [-0.15, -0.1) is 0 Å². The molecule has 106 valence electrons. The van der Waals surface area contributed by atoms with Gasteiger partial charge in [0.05, 0.1) is 24.9 Å². The van der Waals surface area contributed by atoms with E-state index in [2.05, 4.69) is 10.2 Å². The molecule has 8 nitrogen and oxygen atoms in total. The number of aromatic carboxylic acids is 1. The van der Waals surface area contributed by atoms with Gasteiger partial charge in [0.2, 0.25) is 0 Å². The third-order valence-electron chi connectivity index (χ3n) is 2.95. The second kappa shape index (κ2) is 4.58. The van der Waals surface area contributed by atoms with Crippen molar-refractivity contribution in [2.75, 3.05) is 19.8 Å². The number of carbonyl (C=O) groups is 1. The summed E-state index contributed by atoms with van der Waals surface area (Å²) in [6.45, 7) is 4.15. The Morgan fingerprint density at radius 2 is 2.26 bits per heavy atom. The van der Waals surface area contributed by atoms with E-state index in [0.29, 0.717) is 0 Å². The van der Waals surface area contributed by atoms with E-state index in [0.717, 1.165) is 6.20 Å². The summed E-state index contributed by atoms with van der Waals surface area (Å²) in [6, 6.07) is 0. The van der Waals surface area contributed by atoms with Crippen LogP contribution in [0, 0.1) is 0 Å². The maximum atomic E-state index is 12.5. The Morgan fingerprint density at radius 1 is 1.58 bits per heavy atom. The fourth-order valence-electron chi connectivity index (χ4n) is 2.02. The molecule has 0 bridgehead atoms. The van der Waals surface area contributed by atoms with Crippen LogP contribution in [0.25, 0.3) is 0 Å². The summed E-state index contributed by atoms with van der Waals surface area (Å²) >= 11 is 0. The van der Waals surface area contributed by atoms with Gasteiger partial charge in [0, 0.05) is 6.54 Å². The summed E-state index contributed by atoms with van der Waals surface area (Å²) in [5.41, 5.74) is -1.10. The molecule has 1 aromatic heterocycles. The molecule has 1 aliphatic heterocycles. The molecular formula is C10H15N3O5S. The molecule has 2 rings (SSSR count). The maximum Gasteiger partial charge on any atom is 0.340 e. The molecule has 0 radical (unpaired) electrons. The minimum atomic E-state index is -3.95. The van der Waals surface area contributed by atoms with E-state index >= 15 is 0 Å². The number of aromatic nitrogens is 2. The molecule has 0 atom stereocenters. The van der Waals surface area contributed by atoms with Crippen LogP contribution in [-0.2, 0) is 14.8 Å². The molecule has 1 aliphatic rings. The van der Waals surface area contributed by atoms with Crippen LogP contribution in [0.1, 0.15) is 24.2 Å². The van der Waals surface area contributed by atoms with Crippen LogP contribution < -0.4 is 0 Å². The van der Waals surface area contributed by atoms with Crippen LogP contribution in [0.2, 0.25) is 0 Å². The average molecular weight is 289 g/mol. The fourth-order valence-corrected chi connectivity index (χ4v) is 3.85. The molecule has 0 unspecified atom stereocenters. The molecule has 9 heteroatoms. The third kappa shape index (κ3) is 2.36. The van der Waals surface area contributed by atoms with Crippen LogP contribution in [0.4, 0.5) is 0 Å². The number of hydrogen-bond donors (Lipinski definition) is 2. The van der Waals surface area contributed by atoms with Crippen LogP contribution in [0.5, 0.6) is 0 Å². The highest BCUT2D eigenvalue weighted by molar-refractivity contribution is 7.89. The van der Waals surface area contributed by atoms with Gasteiger partial charge in [-0.05, 0) is 13.8 Å². The zero-order valence-corrected chi connectivity index (χ0v) is 11.4. The fraction of sp³-hybridized carbons (Fsp3) is 0.600. The Labute approximate surface area is 110 Å². The lowest BCUT2D eigenvalue weighted by atomic mass is 10.1. The first-order valence-corrected chi connectivity index (χ1v) is 7.08. The SMILES string of the molecule is CC1(C)COCCN1S(=O)(=O)c1[nH]ncc1C(=O)O. The number of nitrogens with zero attached hydrogens (tertiary/aromatic N) is 2. The number of rotatable bonds is 3. The van der Waals surface area contributed by atoms with Gasteiger partial charge >= 0.3 is 5.97 Å². The van der Waals surface area contributed by atoms with Crippen LogP contribution in [-0.4, -0.2) is 59.3 Å². The molecule has 1 fully saturated rings. The van der Waals surface area contributed by atoms with Crippen molar-refractivity contribution in [3.8, 4) is 0 Å². The molecule has 2 N–H and O–H groups in total. The first-order chi connectivity index (χ1) is 8.77. The van der Waals surface area contributed by atoms with E-state index in [-0.39, 0.29) is 25.3 Å². The van der Waals surface area contributed by atoms with Gasteiger partial charge in [0.15, 0.2) is 5.03 Å². The molecular weight excluding hydrogens is 274 g/mol. The topological polar surface area (TPSA) is 113 Å². The van der Waals surface area contributed by atoms with Crippen LogP contribution in [0.3, 0.4) is 0 Å². The summed E-state index contributed by atoms with van der Waals surface area (Å²) in [5.74, 6) is -1.33. The van der Waals surface area contributed by atoms with Crippen molar-refractivity contribution in [1.29, 1.82) is 0 Å². The highest BCUT2D eigenvalue weighted by Gasteiger charge is 2.42. The summed E-state index contributed by atoms with van der Waals surface area (Å²) in [4.78, 5) is 11.0. The number of morpholine rings is 1. The second-order valence-corrected chi connectivity index (χ2v) is 6.66. The predicted octanol–water partition coefficient (Wildman–Crippen LogP) is -0.0926. The van der Waals surface area contributed by atoms with Crippen molar-refractivity contribution >= 4 is 16.0 Å². The number of aromatic amines is 1. The van der Waals surface area contributed by atoms with E-state index in [1.165, 1.54) is 4.31 Å². The normalized spacial score (nSPS) is 20.3. The lowest BCUT2D eigenvalue weighted by molar-refractivity contribution is -0.00786. The van der Waals surface area contributed by atoms with E-state index in [4.69, 9.17) is 9.84 Å². The molecule has 1 aromatic rings. The second-order valence-electron chi connectivity index (χ2n) is 4.86. The summed E-state index contributed by atoms with van der Waals surface area (Å²) < 4.78 is 31.5. The van der Waals surface area contributed by atoms with E-state index in [9.17, 15) is 13.2 Å². The van der Waals surface area contributed by atoms with Gasteiger partial charge in [0.25, 0.3) is 10.0 Å². The number of hydrogen-bond acceptors (Lipinski definition) is 5. The number of ether oxygens (including phenoxy) is 1. The van der Waals surface area contributed by atoms with Gasteiger partial charge in [-0.3, -0.25) is 5.10 Å². The van der Waals surface area contributed by atoms with E-state index < -0.39 is 26.6 Å². The molecule has 1 saturated heterocycles. The third-order valence-corrected chi connectivity index (χ3v) is 5.04. The van der Waals surface area contributed by atoms with Crippen molar-refractivity contribution in [1.82, 2.24) is 14.5 Å². The van der Waals surface area contributed by atoms with Crippen molar-refractivity contribution in [2.45, 2.75) is 24.4 Å². The summed E-state index contributed by atoms with van der Waals surface area (Å²) in [5, 5.41) is 14.4. The lowest BCUT2D eigenvalue weighted by Gasteiger charge is -2.40. The molecule has 0 saturated carbocycles. The number of sulfonamides is 1. The summed E-state index contributed by atoms with van der Waals surface area (Å²) in [7, 11) is -3.95. The monoisotopic (exact) mass is 289 g/mol. The standard InChI is InChI=1S/C10H15N3O5S/c1-10(2)6-18-4-3-13(10)19(16,17)8-7(9(14)15)5-11-12-8/h5H,3-4,6H2,1-2H3,(H,11,12)(H,14,15). The molecule has 0 aromatic carbocycles. The van der Waals surface area contributed by atoms with Gasteiger partial charge in [-0.2, -0.15) is 9.40 Å². The molecule has 19 heavy (non-hydrogen) atoms. The van der Waals surface area contributed by atoms with Gasteiger partial charge < -0.3 is 9.84 Å². The zero-order valence-electron chi connectivity index (χ0n) is 10.6.